The normalized spacial score (nSPS) is 20.1. The van der Waals surface area contributed by atoms with Gasteiger partial charge in [0.2, 0.25) is 0 Å². The molecule has 0 bridgehead atoms. The molecular weight excluding hydrogens is 409 g/mol. The summed E-state index contributed by atoms with van der Waals surface area (Å²) in [6, 6.07) is 11.4. The minimum absolute atomic E-state index is 0.00416. The van der Waals surface area contributed by atoms with E-state index < -0.39 is 11.4 Å². The first-order chi connectivity index (χ1) is 14.1. The lowest BCUT2D eigenvalue weighted by atomic mass is 9.74. The zero-order valence-electron chi connectivity index (χ0n) is 17.2. The Kier molecular flexibility index (Phi) is 6.51. The van der Waals surface area contributed by atoms with Gasteiger partial charge in [-0.2, -0.15) is 0 Å². The number of carbonyl (C=O) groups excluding carboxylic acids is 2. The zero-order valence-corrected chi connectivity index (χ0v) is 17.9. The molecule has 1 aliphatic carbocycles. The maximum Gasteiger partial charge on any atom is 0.258 e. The molecule has 30 heavy (non-hydrogen) atoms. The lowest BCUT2D eigenvalue weighted by molar-refractivity contribution is -0.126. The van der Waals surface area contributed by atoms with Crippen molar-refractivity contribution in [1.29, 1.82) is 0 Å². The Morgan fingerprint density at radius 1 is 1.20 bits per heavy atom. The summed E-state index contributed by atoms with van der Waals surface area (Å²) in [7, 11) is 3.88. The second-order valence-electron chi connectivity index (χ2n) is 7.99. The number of nitrogens with zero attached hydrogens (tertiary/aromatic N) is 1. The van der Waals surface area contributed by atoms with E-state index in [9.17, 15) is 14.0 Å². The van der Waals surface area contributed by atoms with Gasteiger partial charge in [0, 0.05) is 43.0 Å². The summed E-state index contributed by atoms with van der Waals surface area (Å²) in [5.41, 5.74) is 1.20. The summed E-state index contributed by atoms with van der Waals surface area (Å²) in [6.45, 7) is 1.69. The monoisotopic (exact) mass is 433 g/mol. The Balaban J connectivity index is 1.43. The van der Waals surface area contributed by atoms with Crippen LogP contribution in [0.2, 0.25) is 5.02 Å². The molecule has 2 amide bonds. The molecule has 1 fully saturated rings. The summed E-state index contributed by atoms with van der Waals surface area (Å²) >= 11 is 5.62. The van der Waals surface area contributed by atoms with Crippen molar-refractivity contribution in [3.8, 4) is 5.75 Å². The van der Waals surface area contributed by atoms with Crippen molar-refractivity contribution in [2.45, 2.75) is 31.3 Å². The third kappa shape index (κ3) is 5.42. The molecule has 0 heterocycles. The van der Waals surface area contributed by atoms with E-state index in [-0.39, 0.29) is 35.2 Å². The maximum absolute atomic E-state index is 13.4. The van der Waals surface area contributed by atoms with Crippen LogP contribution in [-0.4, -0.2) is 44.1 Å². The van der Waals surface area contributed by atoms with E-state index in [0.29, 0.717) is 18.4 Å². The molecule has 8 heteroatoms. The van der Waals surface area contributed by atoms with Crippen molar-refractivity contribution in [3.63, 3.8) is 0 Å². The fourth-order valence-electron chi connectivity index (χ4n) is 3.50. The summed E-state index contributed by atoms with van der Waals surface area (Å²) in [5, 5.41) is 5.90. The number of hydrogen-bond donors (Lipinski definition) is 2. The lowest BCUT2D eigenvalue weighted by Gasteiger charge is -2.45. The first kappa shape index (κ1) is 21.9. The zero-order chi connectivity index (χ0) is 21.9. The van der Waals surface area contributed by atoms with Gasteiger partial charge in [0.15, 0.2) is 6.61 Å². The van der Waals surface area contributed by atoms with Crippen molar-refractivity contribution in [3.05, 3.63) is 58.9 Å². The minimum atomic E-state index is -0.601. The van der Waals surface area contributed by atoms with Crippen LogP contribution in [0.1, 0.15) is 30.1 Å². The standard InChI is InChI=1S/C22H25ClFN3O3/c1-22(26-20(28)13-30-17-8-9-18(23)19(24)10-17)11-15(12-22)25-21(29)14-4-6-16(7-5-14)27(2)3/h4-10,15H,11-13H2,1-3H3,(H,25,29)(H,26,28). The van der Waals surface area contributed by atoms with Gasteiger partial charge in [-0.1, -0.05) is 11.6 Å². The molecule has 0 aromatic heterocycles. The van der Waals surface area contributed by atoms with E-state index in [1.807, 2.05) is 38.1 Å². The van der Waals surface area contributed by atoms with Crippen LogP contribution in [-0.2, 0) is 4.79 Å². The maximum atomic E-state index is 13.4. The van der Waals surface area contributed by atoms with Crippen LogP contribution in [0.4, 0.5) is 10.1 Å². The summed E-state index contributed by atoms with van der Waals surface area (Å²) in [6.07, 6.45) is 1.24. The number of benzene rings is 2. The summed E-state index contributed by atoms with van der Waals surface area (Å²) in [5.74, 6) is -0.810. The van der Waals surface area contributed by atoms with E-state index in [4.69, 9.17) is 16.3 Å². The van der Waals surface area contributed by atoms with Crippen LogP contribution in [0, 0.1) is 5.82 Å². The van der Waals surface area contributed by atoms with E-state index in [1.54, 1.807) is 12.1 Å². The van der Waals surface area contributed by atoms with Crippen LogP contribution in [0.5, 0.6) is 5.75 Å². The Bertz CT molecular complexity index is 928. The van der Waals surface area contributed by atoms with E-state index in [0.717, 1.165) is 11.8 Å². The number of ether oxygens (including phenoxy) is 1. The van der Waals surface area contributed by atoms with E-state index in [2.05, 4.69) is 10.6 Å². The van der Waals surface area contributed by atoms with Crippen molar-refractivity contribution in [2.24, 2.45) is 0 Å². The van der Waals surface area contributed by atoms with Gasteiger partial charge >= 0.3 is 0 Å². The lowest BCUT2D eigenvalue weighted by Crippen LogP contribution is -2.62. The fraction of sp³-hybridized carbons (Fsp3) is 0.364. The smallest absolute Gasteiger partial charge is 0.258 e. The molecule has 0 atom stereocenters. The molecule has 0 unspecified atom stereocenters. The van der Waals surface area contributed by atoms with Crippen LogP contribution >= 0.6 is 11.6 Å². The van der Waals surface area contributed by atoms with Gasteiger partial charge in [0.25, 0.3) is 11.8 Å². The van der Waals surface area contributed by atoms with Crippen molar-refractivity contribution >= 4 is 29.1 Å². The van der Waals surface area contributed by atoms with Gasteiger partial charge in [0.05, 0.1) is 5.02 Å². The molecule has 2 aromatic carbocycles. The highest BCUT2D eigenvalue weighted by Gasteiger charge is 2.42. The molecule has 160 valence electrons. The quantitative estimate of drug-likeness (QED) is 0.702. The van der Waals surface area contributed by atoms with Gasteiger partial charge in [-0.15, -0.1) is 0 Å². The van der Waals surface area contributed by atoms with Crippen molar-refractivity contribution < 1.29 is 18.7 Å². The second-order valence-corrected chi connectivity index (χ2v) is 8.40. The first-order valence-corrected chi connectivity index (χ1v) is 10.0. The number of anilines is 1. The average molecular weight is 434 g/mol. The molecule has 2 aromatic rings. The molecule has 2 N–H and O–H groups in total. The minimum Gasteiger partial charge on any atom is -0.484 e. The van der Waals surface area contributed by atoms with Crippen molar-refractivity contribution in [2.75, 3.05) is 25.6 Å². The Hall–Kier alpha value is -2.80. The number of halogens is 2. The highest BCUT2D eigenvalue weighted by Crippen LogP contribution is 2.32. The molecule has 1 aliphatic rings. The molecule has 1 saturated carbocycles. The second kappa shape index (κ2) is 8.92. The SMILES string of the molecule is CN(C)c1ccc(C(=O)NC2CC(C)(NC(=O)COc3ccc(Cl)c(F)c3)C2)cc1. The fourth-order valence-corrected chi connectivity index (χ4v) is 3.62. The third-order valence-corrected chi connectivity index (χ3v) is 5.38. The first-order valence-electron chi connectivity index (χ1n) is 9.62. The number of amides is 2. The molecule has 3 rings (SSSR count). The van der Waals surface area contributed by atoms with Gasteiger partial charge in [-0.25, -0.2) is 4.39 Å². The van der Waals surface area contributed by atoms with E-state index in [1.165, 1.54) is 12.1 Å². The van der Waals surface area contributed by atoms with Gasteiger partial charge in [-0.3, -0.25) is 9.59 Å². The van der Waals surface area contributed by atoms with Gasteiger partial charge < -0.3 is 20.3 Å². The van der Waals surface area contributed by atoms with Gasteiger partial charge in [0.1, 0.15) is 11.6 Å². The van der Waals surface area contributed by atoms with Crippen LogP contribution in [0.15, 0.2) is 42.5 Å². The summed E-state index contributed by atoms with van der Waals surface area (Å²) in [4.78, 5) is 26.5. The van der Waals surface area contributed by atoms with E-state index >= 15 is 0 Å². The Morgan fingerprint density at radius 2 is 1.87 bits per heavy atom. The third-order valence-electron chi connectivity index (χ3n) is 5.08. The molecule has 0 aliphatic heterocycles. The average Bonchev–Trinajstić information content (AvgIpc) is 2.67. The number of hydrogen-bond acceptors (Lipinski definition) is 4. The van der Waals surface area contributed by atoms with Crippen LogP contribution in [0.25, 0.3) is 0 Å². The molecule has 6 nitrogen and oxygen atoms in total. The molecule has 0 saturated heterocycles. The number of rotatable bonds is 7. The largest absolute Gasteiger partial charge is 0.484 e. The highest BCUT2D eigenvalue weighted by molar-refractivity contribution is 6.30. The number of nitrogens with one attached hydrogen (secondary N) is 2. The predicted octanol–water partition coefficient (Wildman–Crippen LogP) is 3.39. The van der Waals surface area contributed by atoms with Crippen LogP contribution < -0.4 is 20.3 Å². The predicted molar refractivity (Wildman–Crippen MR) is 115 cm³/mol. The van der Waals surface area contributed by atoms with Crippen LogP contribution in [0.3, 0.4) is 0 Å². The van der Waals surface area contributed by atoms with Gasteiger partial charge in [-0.05, 0) is 56.2 Å². The number of carbonyl (C=O) groups is 2. The summed E-state index contributed by atoms with van der Waals surface area (Å²) < 4.78 is 18.7. The Labute approximate surface area is 180 Å². The molecular formula is C22H25ClFN3O3. The highest BCUT2D eigenvalue weighted by atomic mass is 35.5. The molecule has 0 radical (unpaired) electrons. The topological polar surface area (TPSA) is 70.7 Å². The molecule has 0 spiro atoms. The Morgan fingerprint density at radius 3 is 2.47 bits per heavy atom. The van der Waals surface area contributed by atoms with Crippen molar-refractivity contribution in [1.82, 2.24) is 10.6 Å².